The quantitative estimate of drug-likeness (QED) is 0.757. The second kappa shape index (κ2) is 7.38. The van der Waals surface area contributed by atoms with Gasteiger partial charge in [-0.2, -0.15) is 18.4 Å². The van der Waals surface area contributed by atoms with E-state index in [1.54, 1.807) is 29.2 Å². The molecule has 0 bridgehead atoms. The molecule has 0 saturated carbocycles. The zero-order valence-corrected chi connectivity index (χ0v) is 15.9. The van der Waals surface area contributed by atoms with Gasteiger partial charge >= 0.3 is 6.18 Å². The lowest BCUT2D eigenvalue weighted by atomic mass is 9.74. The number of allylic oxidation sites excluding steroid dienone is 3. The molecule has 0 unspecified atom stereocenters. The molecule has 0 aromatic heterocycles. The molecular formula is C23H18F3N3O. The number of ketones is 1. The van der Waals surface area contributed by atoms with Crippen LogP contribution in [-0.4, -0.2) is 5.78 Å². The summed E-state index contributed by atoms with van der Waals surface area (Å²) >= 11 is 0. The van der Waals surface area contributed by atoms with Gasteiger partial charge in [-0.3, -0.25) is 9.69 Å². The second-order valence-corrected chi connectivity index (χ2v) is 7.24. The van der Waals surface area contributed by atoms with Crippen LogP contribution < -0.4 is 10.6 Å². The summed E-state index contributed by atoms with van der Waals surface area (Å²) < 4.78 is 41.3. The Hall–Kier alpha value is -3.53. The number of nitrogens with two attached hydrogens (primary N) is 1. The van der Waals surface area contributed by atoms with E-state index in [9.17, 15) is 23.2 Å². The average molecular weight is 409 g/mol. The molecule has 4 rings (SSSR count). The van der Waals surface area contributed by atoms with E-state index in [0.29, 0.717) is 24.2 Å². The highest BCUT2D eigenvalue weighted by Crippen LogP contribution is 2.48. The molecule has 0 saturated heterocycles. The zero-order valence-electron chi connectivity index (χ0n) is 15.9. The van der Waals surface area contributed by atoms with Crippen LogP contribution in [0.25, 0.3) is 0 Å². The van der Waals surface area contributed by atoms with Crippen LogP contribution in [0.3, 0.4) is 0 Å². The molecule has 0 amide bonds. The molecule has 1 heterocycles. The fraction of sp³-hybridized carbons (Fsp3) is 0.217. The molecule has 2 aliphatic rings. The number of rotatable bonds is 2. The van der Waals surface area contributed by atoms with Gasteiger partial charge in [0.15, 0.2) is 5.78 Å². The summed E-state index contributed by atoms with van der Waals surface area (Å²) in [6.07, 6.45) is -3.34. The molecule has 1 aliphatic heterocycles. The maximum Gasteiger partial charge on any atom is 0.416 e. The Balaban J connectivity index is 2.02. The number of carbonyl (C=O) groups excluding carboxylic acids is 1. The first-order chi connectivity index (χ1) is 14.3. The summed E-state index contributed by atoms with van der Waals surface area (Å²) in [6, 6.07) is 16.0. The SMILES string of the molecule is N#CC1=C(N)N(c2ccccc2)C2=C(C(=O)CCC2)[C@H]1c1ccccc1C(F)(F)F. The predicted octanol–water partition coefficient (Wildman–Crippen LogP) is 5.01. The van der Waals surface area contributed by atoms with Crippen molar-refractivity contribution in [3.05, 3.63) is 88.4 Å². The number of anilines is 1. The van der Waals surface area contributed by atoms with Crippen LogP contribution in [-0.2, 0) is 11.0 Å². The predicted molar refractivity (Wildman–Crippen MR) is 106 cm³/mol. The zero-order chi connectivity index (χ0) is 21.5. The molecule has 2 aromatic rings. The van der Waals surface area contributed by atoms with E-state index in [0.717, 1.165) is 6.07 Å². The molecule has 0 spiro atoms. The molecule has 7 heteroatoms. The minimum Gasteiger partial charge on any atom is -0.384 e. The first-order valence-corrected chi connectivity index (χ1v) is 9.52. The van der Waals surface area contributed by atoms with Crippen molar-refractivity contribution in [2.45, 2.75) is 31.4 Å². The monoisotopic (exact) mass is 409 g/mol. The van der Waals surface area contributed by atoms with Gasteiger partial charge in [0.05, 0.1) is 23.1 Å². The van der Waals surface area contributed by atoms with E-state index in [-0.39, 0.29) is 34.7 Å². The van der Waals surface area contributed by atoms with Crippen LogP contribution in [0.15, 0.2) is 77.3 Å². The van der Waals surface area contributed by atoms with Crippen molar-refractivity contribution in [1.82, 2.24) is 0 Å². The van der Waals surface area contributed by atoms with Crippen molar-refractivity contribution in [3.8, 4) is 6.07 Å². The van der Waals surface area contributed by atoms with Crippen molar-refractivity contribution >= 4 is 11.5 Å². The topological polar surface area (TPSA) is 70.1 Å². The number of Topliss-reactive ketones (excluding diaryl/α,β-unsaturated/α-hetero) is 1. The van der Waals surface area contributed by atoms with Gasteiger partial charge in [0, 0.05) is 23.4 Å². The maximum absolute atomic E-state index is 13.8. The van der Waals surface area contributed by atoms with Crippen molar-refractivity contribution in [2.75, 3.05) is 4.90 Å². The van der Waals surface area contributed by atoms with Crippen molar-refractivity contribution in [3.63, 3.8) is 0 Å². The lowest BCUT2D eigenvalue weighted by Gasteiger charge is -2.40. The number of carbonyl (C=O) groups is 1. The Kier molecular flexibility index (Phi) is 4.86. The third-order valence-corrected chi connectivity index (χ3v) is 5.50. The van der Waals surface area contributed by atoms with E-state index in [2.05, 4.69) is 0 Å². The normalized spacial score (nSPS) is 19.6. The van der Waals surface area contributed by atoms with Crippen LogP contribution >= 0.6 is 0 Å². The Morgan fingerprint density at radius 1 is 1.03 bits per heavy atom. The highest BCUT2D eigenvalue weighted by atomic mass is 19.4. The number of alkyl halides is 3. The lowest BCUT2D eigenvalue weighted by Crippen LogP contribution is -2.39. The Morgan fingerprint density at radius 2 is 1.70 bits per heavy atom. The van der Waals surface area contributed by atoms with Gasteiger partial charge in [-0.25, -0.2) is 0 Å². The van der Waals surface area contributed by atoms with Gasteiger partial charge in [0.25, 0.3) is 0 Å². The highest BCUT2D eigenvalue weighted by molar-refractivity contribution is 6.01. The molecule has 2 N–H and O–H groups in total. The van der Waals surface area contributed by atoms with E-state index in [1.165, 1.54) is 18.2 Å². The van der Waals surface area contributed by atoms with Crippen LogP contribution in [0.4, 0.5) is 18.9 Å². The average Bonchev–Trinajstić information content (AvgIpc) is 2.73. The fourth-order valence-electron chi connectivity index (χ4n) is 4.28. The maximum atomic E-state index is 13.8. The van der Waals surface area contributed by atoms with E-state index in [1.807, 2.05) is 12.1 Å². The van der Waals surface area contributed by atoms with Crippen LogP contribution in [0, 0.1) is 11.3 Å². The third kappa shape index (κ3) is 3.14. The molecule has 1 atom stereocenters. The Labute approximate surface area is 171 Å². The third-order valence-electron chi connectivity index (χ3n) is 5.50. The standard InChI is InChI=1S/C23H18F3N3O/c24-23(25,26)17-10-5-4-9-15(17)20-16(13-27)22(28)29(14-7-2-1-3-8-14)18-11-6-12-19(30)21(18)20/h1-5,7-10,20H,6,11-12,28H2/t20-/m0/s1. The van der Waals surface area contributed by atoms with E-state index >= 15 is 0 Å². The van der Waals surface area contributed by atoms with Crippen molar-refractivity contribution in [2.24, 2.45) is 5.73 Å². The van der Waals surface area contributed by atoms with Gasteiger partial charge in [0.1, 0.15) is 5.82 Å². The molecule has 30 heavy (non-hydrogen) atoms. The summed E-state index contributed by atoms with van der Waals surface area (Å²) in [7, 11) is 0. The van der Waals surface area contributed by atoms with Gasteiger partial charge in [-0.15, -0.1) is 0 Å². The molecule has 2 aromatic carbocycles. The number of nitrogens with zero attached hydrogens (tertiary/aromatic N) is 2. The second-order valence-electron chi connectivity index (χ2n) is 7.24. The van der Waals surface area contributed by atoms with Crippen LogP contribution in [0.5, 0.6) is 0 Å². The summed E-state index contributed by atoms with van der Waals surface area (Å²) in [6.45, 7) is 0. The largest absolute Gasteiger partial charge is 0.416 e. The molecule has 0 radical (unpaired) electrons. The number of hydrogen-bond donors (Lipinski definition) is 1. The summed E-state index contributed by atoms with van der Waals surface area (Å²) in [5, 5.41) is 9.90. The minimum atomic E-state index is -4.62. The van der Waals surface area contributed by atoms with Gasteiger partial charge < -0.3 is 5.73 Å². The first-order valence-electron chi connectivity index (χ1n) is 9.52. The summed E-state index contributed by atoms with van der Waals surface area (Å²) in [4.78, 5) is 14.6. The minimum absolute atomic E-state index is 0.0513. The molecule has 4 nitrogen and oxygen atoms in total. The highest BCUT2D eigenvalue weighted by Gasteiger charge is 2.44. The number of benzene rings is 2. The van der Waals surface area contributed by atoms with E-state index in [4.69, 9.17) is 5.73 Å². The number of para-hydroxylation sites is 1. The molecular weight excluding hydrogens is 391 g/mol. The van der Waals surface area contributed by atoms with Crippen molar-refractivity contribution in [1.29, 1.82) is 5.26 Å². The number of hydrogen-bond acceptors (Lipinski definition) is 4. The lowest BCUT2D eigenvalue weighted by molar-refractivity contribution is -0.138. The molecule has 152 valence electrons. The van der Waals surface area contributed by atoms with Crippen molar-refractivity contribution < 1.29 is 18.0 Å². The van der Waals surface area contributed by atoms with Gasteiger partial charge in [-0.1, -0.05) is 36.4 Å². The number of halogens is 3. The Morgan fingerprint density at radius 3 is 2.37 bits per heavy atom. The number of nitriles is 1. The van der Waals surface area contributed by atoms with E-state index < -0.39 is 17.7 Å². The van der Waals surface area contributed by atoms with Gasteiger partial charge in [0.2, 0.25) is 0 Å². The van der Waals surface area contributed by atoms with Crippen LogP contribution in [0.2, 0.25) is 0 Å². The smallest absolute Gasteiger partial charge is 0.384 e. The Bertz CT molecular complexity index is 1110. The van der Waals surface area contributed by atoms with Gasteiger partial charge in [-0.05, 0) is 36.6 Å². The summed E-state index contributed by atoms with van der Waals surface area (Å²) in [5.41, 5.74) is 6.77. The molecule has 1 aliphatic carbocycles. The molecule has 0 fully saturated rings. The first kappa shape index (κ1) is 19.8. The summed E-state index contributed by atoms with van der Waals surface area (Å²) in [5.74, 6) is -1.34. The van der Waals surface area contributed by atoms with Crippen LogP contribution in [0.1, 0.15) is 36.3 Å². The fourth-order valence-corrected chi connectivity index (χ4v) is 4.28.